The molecular weight excluding hydrogens is 482 g/mol. The number of hydrogen-bond acceptors (Lipinski definition) is 7. The molecule has 5 atom stereocenters. The molecule has 2 aliphatic rings. The predicted molar refractivity (Wildman–Crippen MR) is 134 cm³/mol. The van der Waals surface area contributed by atoms with Gasteiger partial charge in [-0.1, -0.05) is 42.5 Å². The van der Waals surface area contributed by atoms with Gasteiger partial charge in [0.05, 0.1) is 23.2 Å². The minimum atomic E-state index is -0.889. The van der Waals surface area contributed by atoms with Crippen molar-refractivity contribution < 1.29 is 24.3 Å². The van der Waals surface area contributed by atoms with Gasteiger partial charge in [-0.3, -0.25) is 19.2 Å². The van der Waals surface area contributed by atoms with E-state index in [1.54, 1.807) is 12.1 Å². The highest BCUT2D eigenvalue weighted by molar-refractivity contribution is 8.00. The van der Waals surface area contributed by atoms with Gasteiger partial charge in [-0.15, -0.1) is 11.8 Å². The molecule has 7 N–H and O–H groups in total. The Bertz CT molecular complexity index is 1130. The van der Waals surface area contributed by atoms with Crippen LogP contribution in [0, 0.1) is 0 Å². The van der Waals surface area contributed by atoms with Crippen LogP contribution in [-0.4, -0.2) is 63.7 Å². The van der Waals surface area contributed by atoms with Crippen molar-refractivity contribution in [2.75, 3.05) is 6.54 Å². The van der Waals surface area contributed by atoms with E-state index < -0.39 is 35.8 Å². The van der Waals surface area contributed by atoms with E-state index in [-0.39, 0.29) is 35.2 Å². The summed E-state index contributed by atoms with van der Waals surface area (Å²) < 4.78 is 0. The van der Waals surface area contributed by atoms with Crippen molar-refractivity contribution >= 4 is 35.4 Å². The molecule has 10 nitrogen and oxygen atoms in total. The fourth-order valence-corrected chi connectivity index (χ4v) is 6.27. The molecule has 4 rings (SSSR count). The molecular formula is C25H29N5O5S. The summed E-state index contributed by atoms with van der Waals surface area (Å²) in [7, 11) is 0. The number of thioether (sulfide) groups is 1. The number of nitrogens with two attached hydrogens (primary N) is 2. The Morgan fingerprint density at radius 3 is 2.44 bits per heavy atom. The largest absolute Gasteiger partial charge is 0.508 e. The van der Waals surface area contributed by atoms with E-state index in [2.05, 4.69) is 10.6 Å². The van der Waals surface area contributed by atoms with E-state index in [0.29, 0.717) is 12.8 Å². The third-order valence-electron chi connectivity index (χ3n) is 6.33. The molecule has 0 spiro atoms. The topological polar surface area (TPSA) is 168 Å². The molecule has 0 radical (unpaired) electrons. The fraction of sp³-hybridized carbons (Fsp3) is 0.360. The first kappa shape index (κ1) is 25.5. The highest BCUT2D eigenvalue weighted by Gasteiger charge is 2.52. The zero-order chi connectivity index (χ0) is 25.8. The minimum Gasteiger partial charge on any atom is -0.508 e. The Morgan fingerprint density at radius 2 is 1.78 bits per heavy atom. The molecule has 2 saturated heterocycles. The van der Waals surface area contributed by atoms with Crippen LogP contribution in [0.2, 0.25) is 0 Å². The van der Waals surface area contributed by atoms with Crippen LogP contribution in [0.1, 0.15) is 29.2 Å². The average molecular weight is 512 g/mol. The van der Waals surface area contributed by atoms with Crippen LogP contribution in [0.15, 0.2) is 54.6 Å². The molecule has 1 unspecified atom stereocenters. The third kappa shape index (κ3) is 5.63. The lowest BCUT2D eigenvalue weighted by molar-refractivity contribution is -0.146. The molecule has 0 aromatic heterocycles. The van der Waals surface area contributed by atoms with Crippen molar-refractivity contribution in [2.45, 2.75) is 48.0 Å². The van der Waals surface area contributed by atoms with Crippen molar-refractivity contribution in [2.24, 2.45) is 11.5 Å². The van der Waals surface area contributed by atoms with Crippen LogP contribution in [0.25, 0.3) is 0 Å². The molecule has 190 valence electrons. The summed E-state index contributed by atoms with van der Waals surface area (Å²) in [5.74, 6) is -1.87. The lowest BCUT2D eigenvalue weighted by Crippen LogP contribution is -2.60. The van der Waals surface area contributed by atoms with E-state index in [9.17, 15) is 24.3 Å². The number of piperidine rings is 1. The highest BCUT2D eigenvalue weighted by atomic mass is 32.2. The summed E-state index contributed by atoms with van der Waals surface area (Å²) >= 11 is 1.52. The summed E-state index contributed by atoms with van der Waals surface area (Å²) in [6.45, 7) is -0.333. The van der Waals surface area contributed by atoms with Gasteiger partial charge in [-0.05, 0) is 42.5 Å². The number of hydrogen-bond donors (Lipinski definition) is 5. The fourth-order valence-electron chi connectivity index (χ4n) is 4.57. The molecule has 4 amide bonds. The van der Waals surface area contributed by atoms with Crippen molar-refractivity contribution in [3.8, 4) is 5.75 Å². The molecule has 11 heteroatoms. The lowest BCUT2D eigenvalue weighted by Gasteiger charge is -2.37. The second-order valence-corrected chi connectivity index (χ2v) is 10.2. The SMILES string of the molecule is NC(=O)CNC(=O)[C@@H]1C(c2ccccc2)S[C@H]2CC[C@H](NC(=O)[C@@H](N)Cc3ccc(O)cc3)C(=O)N21. The van der Waals surface area contributed by atoms with Crippen LogP contribution in [0.4, 0.5) is 0 Å². The molecule has 2 heterocycles. The van der Waals surface area contributed by atoms with Crippen molar-refractivity contribution in [3.63, 3.8) is 0 Å². The maximum atomic E-state index is 13.5. The maximum Gasteiger partial charge on any atom is 0.246 e. The summed E-state index contributed by atoms with van der Waals surface area (Å²) in [5, 5.41) is 14.1. The number of rotatable bonds is 8. The van der Waals surface area contributed by atoms with E-state index >= 15 is 0 Å². The van der Waals surface area contributed by atoms with Gasteiger partial charge in [-0.2, -0.15) is 0 Å². The van der Waals surface area contributed by atoms with E-state index in [0.717, 1.165) is 11.1 Å². The van der Waals surface area contributed by atoms with Crippen molar-refractivity contribution in [3.05, 3.63) is 65.7 Å². The first-order chi connectivity index (χ1) is 17.2. The number of fused-ring (bicyclic) bond motifs is 1. The first-order valence-corrected chi connectivity index (χ1v) is 12.6. The molecule has 0 bridgehead atoms. The van der Waals surface area contributed by atoms with Crippen molar-refractivity contribution in [1.29, 1.82) is 0 Å². The van der Waals surface area contributed by atoms with Gasteiger partial charge < -0.3 is 32.1 Å². The summed E-state index contributed by atoms with van der Waals surface area (Å²) in [6.07, 6.45) is 1.24. The minimum absolute atomic E-state index is 0.117. The van der Waals surface area contributed by atoms with Gasteiger partial charge in [0.25, 0.3) is 0 Å². The summed E-state index contributed by atoms with van der Waals surface area (Å²) in [5.41, 5.74) is 13.0. The van der Waals surface area contributed by atoms with Crippen LogP contribution < -0.4 is 22.1 Å². The van der Waals surface area contributed by atoms with Crippen molar-refractivity contribution in [1.82, 2.24) is 15.5 Å². The van der Waals surface area contributed by atoms with Gasteiger partial charge >= 0.3 is 0 Å². The number of phenolic OH excluding ortho intramolecular Hbond substituents is 1. The molecule has 0 saturated carbocycles. The number of nitrogens with one attached hydrogen (secondary N) is 2. The number of nitrogens with zero attached hydrogens (tertiary/aromatic N) is 1. The maximum absolute atomic E-state index is 13.5. The van der Waals surface area contributed by atoms with Gasteiger partial charge in [0.1, 0.15) is 17.8 Å². The van der Waals surface area contributed by atoms with Crippen LogP contribution in [0.3, 0.4) is 0 Å². The number of amides is 4. The van der Waals surface area contributed by atoms with Gasteiger partial charge in [-0.25, -0.2) is 0 Å². The molecule has 0 aliphatic carbocycles. The zero-order valence-electron chi connectivity index (χ0n) is 19.5. The summed E-state index contributed by atoms with van der Waals surface area (Å²) in [4.78, 5) is 52.3. The number of primary amides is 1. The average Bonchev–Trinajstić information content (AvgIpc) is 3.26. The monoisotopic (exact) mass is 511 g/mol. The van der Waals surface area contributed by atoms with Gasteiger partial charge in [0.2, 0.25) is 23.6 Å². The van der Waals surface area contributed by atoms with E-state index in [1.165, 1.54) is 28.8 Å². The van der Waals surface area contributed by atoms with E-state index in [1.807, 2.05) is 30.3 Å². The van der Waals surface area contributed by atoms with Crippen LogP contribution in [0.5, 0.6) is 5.75 Å². The smallest absolute Gasteiger partial charge is 0.246 e. The Kier molecular flexibility index (Phi) is 7.80. The summed E-state index contributed by atoms with van der Waals surface area (Å²) in [6, 6.07) is 13.2. The quantitative estimate of drug-likeness (QED) is 0.336. The first-order valence-electron chi connectivity index (χ1n) is 11.7. The molecule has 36 heavy (non-hydrogen) atoms. The molecule has 2 fully saturated rings. The van der Waals surface area contributed by atoms with E-state index in [4.69, 9.17) is 11.5 Å². The molecule has 2 aromatic rings. The third-order valence-corrected chi connectivity index (χ3v) is 7.93. The van der Waals surface area contributed by atoms with Gasteiger partial charge in [0, 0.05) is 0 Å². The second kappa shape index (κ2) is 11.0. The zero-order valence-corrected chi connectivity index (χ0v) is 20.3. The number of carbonyl (C=O) groups is 4. The Labute approximate surface area is 212 Å². The Balaban J connectivity index is 1.49. The number of carbonyl (C=O) groups excluding carboxylic acids is 4. The Hall–Kier alpha value is -3.57. The number of aromatic hydroxyl groups is 1. The predicted octanol–water partition coefficient (Wildman–Crippen LogP) is 0.154. The number of phenols is 1. The second-order valence-electron chi connectivity index (χ2n) is 8.91. The van der Waals surface area contributed by atoms with Gasteiger partial charge in [0.15, 0.2) is 0 Å². The molecule has 2 aliphatic heterocycles. The highest BCUT2D eigenvalue weighted by Crippen LogP contribution is 2.49. The standard InChI is InChI=1S/C25H29N5O5S/c26-17(12-14-6-8-16(31)9-7-14)23(33)29-18-10-11-20-30(25(18)35)21(24(34)28-13-19(27)32)22(36-20)15-4-2-1-3-5-15/h1-9,17-18,20-22,31H,10-13,26H2,(H2,27,32)(H,28,34)(H,29,33)/t17-,18-,20-,21-,22?/m0/s1. The van der Waals surface area contributed by atoms with Crippen LogP contribution in [-0.2, 0) is 25.6 Å². The lowest BCUT2D eigenvalue weighted by atomic mass is 9.97. The normalized spacial score (nSPS) is 24.0. The van der Waals surface area contributed by atoms with Crippen LogP contribution >= 0.6 is 11.8 Å². The number of benzene rings is 2. The molecule has 2 aromatic carbocycles. The Morgan fingerprint density at radius 1 is 1.08 bits per heavy atom.